The van der Waals surface area contributed by atoms with Crippen molar-refractivity contribution < 1.29 is 36.7 Å². The number of hydrogen-bond donors (Lipinski definition) is 0. The lowest BCUT2D eigenvalue weighted by Crippen LogP contribution is -2.12. The van der Waals surface area contributed by atoms with Crippen LogP contribution in [-0.4, -0.2) is 32.3 Å². The molecule has 6 nitrogen and oxygen atoms in total. The number of rotatable bonds is 14. The van der Waals surface area contributed by atoms with E-state index < -0.39 is 46.4 Å². The third-order valence-electron chi connectivity index (χ3n) is 15.5. The molecule has 4 aliphatic rings. The number of hydrogen-bond acceptors (Lipinski definition) is 7. The van der Waals surface area contributed by atoms with Gasteiger partial charge in [-0.05, 0) is 122 Å². The summed E-state index contributed by atoms with van der Waals surface area (Å²) in [6.07, 6.45) is 16.9. The van der Waals surface area contributed by atoms with Crippen LogP contribution in [-0.2, 0) is 13.1 Å². The van der Waals surface area contributed by atoms with Crippen molar-refractivity contribution in [1.82, 2.24) is 9.13 Å². The molecule has 0 N–H and O–H groups in total. The molecule has 11 rings (SSSR count). The number of fused-ring (bicyclic) bond motifs is 9. The Morgan fingerprint density at radius 2 is 0.859 bits per heavy atom. The highest BCUT2D eigenvalue weighted by Gasteiger charge is 2.39. The molecule has 2 atom stereocenters. The Hall–Kier alpha value is -5.50. The average molecular weight is 1020 g/mol. The van der Waals surface area contributed by atoms with Gasteiger partial charge in [0, 0.05) is 45.1 Å². The molecule has 4 aliphatic carbocycles. The van der Waals surface area contributed by atoms with Crippen molar-refractivity contribution in [3.05, 3.63) is 126 Å². The molecule has 71 heavy (non-hydrogen) atoms. The minimum atomic E-state index is -1.15. The van der Waals surface area contributed by atoms with Gasteiger partial charge in [0.25, 0.3) is 0 Å². The van der Waals surface area contributed by atoms with Crippen molar-refractivity contribution in [2.75, 3.05) is 0 Å². The Morgan fingerprint density at radius 3 is 1.20 bits per heavy atom. The molecule has 2 aromatic carbocycles. The first-order chi connectivity index (χ1) is 34.3. The van der Waals surface area contributed by atoms with Crippen molar-refractivity contribution in [1.29, 1.82) is 0 Å². The molecule has 0 fully saturated rings. The summed E-state index contributed by atoms with van der Waals surface area (Å²) in [4.78, 5) is 56.7. The van der Waals surface area contributed by atoms with Crippen molar-refractivity contribution in [2.24, 2.45) is 11.8 Å². The van der Waals surface area contributed by atoms with Gasteiger partial charge in [-0.2, -0.15) is 0 Å². The third-order valence-corrected chi connectivity index (χ3v) is 19.4. The van der Waals surface area contributed by atoms with Gasteiger partial charge in [0.05, 0.1) is 52.0 Å². The molecule has 7 aromatic rings. The zero-order chi connectivity index (χ0) is 49.6. The van der Waals surface area contributed by atoms with Crippen molar-refractivity contribution >= 4 is 109 Å². The molecule has 0 aliphatic heterocycles. The Morgan fingerprint density at radius 1 is 0.493 bits per heavy atom. The van der Waals surface area contributed by atoms with Gasteiger partial charge in [-0.3, -0.25) is 19.2 Å². The summed E-state index contributed by atoms with van der Waals surface area (Å²) < 4.78 is 67.2. The van der Waals surface area contributed by atoms with Crippen LogP contribution in [0.25, 0.3) is 52.0 Å². The third kappa shape index (κ3) is 7.91. The Labute approximate surface area is 421 Å². The van der Waals surface area contributed by atoms with Gasteiger partial charge in [-0.1, -0.05) is 78.4 Å². The number of carbonyl (C=O) groups is 4. The van der Waals surface area contributed by atoms with E-state index in [1.165, 1.54) is 40.9 Å². The molecule has 0 saturated heterocycles. The zero-order valence-corrected chi connectivity index (χ0v) is 42.8. The molecule has 0 saturated carbocycles. The van der Waals surface area contributed by atoms with Crippen LogP contribution < -0.4 is 0 Å². The van der Waals surface area contributed by atoms with Crippen LogP contribution in [0.4, 0.5) is 17.6 Å². The van der Waals surface area contributed by atoms with E-state index in [4.69, 9.17) is 0 Å². The molecule has 13 heteroatoms. The highest BCUT2D eigenvalue weighted by Crippen LogP contribution is 2.52. The normalized spacial score (nSPS) is 17.3. The van der Waals surface area contributed by atoms with Crippen molar-refractivity contribution in [2.45, 2.75) is 131 Å². The van der Waals surface area contributed by atoms with Crippen LogP contribution in [0.1, 0.15) is 169 Å². The van der Waals surface area contributed by atoms with E-state index in [-0.39, 0.29) is 33.4 Å². The summed E-state index contributed by atoms with van der Waals surface area (Å²) in [5, 5.41) is 0. The molecule has 0 bridgehead atoms. The number of unbranched alkanes of at least 4 members (excludes halogenated alkanes) is 2. The van der Waals surface area contributed by atoms with E-state index in [1.54, 1.807) is 22.7 Å². The van der Waals surface area contributed by atoms with Gasteiger partial charge in [0.1, 0.15) is 0 Å². The smallest absolute Gasteiger partial charge is 0.198 e. The molecule has 2 unspecified atom stereocenters. The van der Waals surface area contributed by atoms with E-state index in [0.29, 0.717) is 35.8 Å². The Balaban J connectivity index is 1.07. The fourth-order valence-electron chi connectivity index (χ4n) is 11.6. The fourth-order valence-corrected chi connectivity index (χ4v) is 15.6. The Bertz CT molecular complexity index is 3270. The lowest BCUT2D eigenvalue weighted by molar-refractivity contribution is 0.0971. The number of benzene rings is 2. The van der Waals surface area contributed by atoms with E-state index in [9.17, 15) is 36.7 Å². The lowest BCUT2D eigenvalue weighted by Gasteiger charge is -2.19. The highest BCUT2D eigenvalue weighted by molar-refractivity contribution is 7.34. The lowest BCUT2D eigenvalue weighted by atomic mass is 9.89. The summed E-state index contributed by atoms with van der Waals surface area (Å²) in [6, 6.07) is 7.99. The zero-order valence-electron chi connectivity index (χ0n) is 40.4. The van der Waals surface area contributed by atoms with Gasteiger partial charge in [-0.15, -0.1) is 34.0 Å². The minimum absolute atomic E-state index is 0.0125. The average Bonchev–Trinajstić information content (AvgIpc) is 4.23. The molecule has 0 spiro atoms. The van der Waals surface area contributed by atoms with Crippen molar-refractivity contribution in [3.63, 3.8) is 0 Å². The largest absolute Gasteiger partial charge is 0.337 e. The molecule has 5 heterocycles. The number of Topliss-reactive ketones (excluding diaryl/α,β-unsaturated/α-hetero) is 4. The van der Waals surface area contributed by atoms with Crippen LogP contribution in [0.3, 0.4) is 0 Å². The van der Waals surface area contributed by atoms with Crippen LogP contribution in [0.2, 0.25) is 0 Å². The number of aromatic nitrogens is 2. The summed E-state index contributed by atoms with van der Waals surface area (Å²) in [5.41, 5.74) is 7.89. The number of carbonyl (C=O) groups excluding carboxylic acids is 4. The van der Waals surface area contributed by atoms with Gasteiger partial charge >= 0.3 is 0 Å². The first-order valence-electron chi connectivity index (χ1n) is 25.4. The van der Waals surface area contributed by atoms with Crippen molar-refractivity contribution in [3.8, 4) is 0 Å². The first-order valence-corrected chi connectivity index (χ1v) is 27.8. The maximum Gasteiger partial charge on any atom is 0.198 e. The van der Waals surface area contributed by atoms with E-state index in [2.05, 4.69) is 49.0 Å². The predicted octanol–water partition coefficient (Wildman–Crippen LogP) is 17.0. The summed E-state index contributed by atoms with van der Waals surface area (Å²) in [7, 11) is 0. The first kappa shape index (κ1) is 47.8. The van der Waals surface area contributed by atoms with Gasteiger partial charge in [-0.25, -0.2) is 17.6 Å². The van der Waals surface area contributed by atoms with Gasteiger partial charge in [0.15, 0.2) is 46.4 Å². The van der Waals surface area contributed by atoms with E-state index in [0.717, 1.165) is 135 Å². The molecule has 5 aromatic heterocycles. The summed E-state index contributed by atoms with van der Waals surface area (Å²) in [5.74, 6) is -5.87. The summed E-state index contributed by atoms with van der Waals surface area (Å²) >= 11 is 5.35. The predicted molar refractivity (Wildman–Crippen MR) is 280 cm³/mol. The summed E-state index contributed by atoms with van der Waals surface area (Å²) in [6.45, 7) is 10.8. The number of halogens is 4. The fraction of sp³-hybridized carbons (Fsp3) is 0.379. The second-order valence-corrected chi connectivity index (χ2v) is 23.1. The second kappa shape index (κ2) is 18.8. The maximum atomic E-state index is 14.3. The standard InChI is InChI=1S/C58H54F4N2O4S3/c1-5-9-13-29(7-3)27-63-43-25-45(31-15-11-17-33(19-31)47-51(65)35-21-39(59)40(60)22-36(35)52(47)66)69-55(43)57-49(63)50-58(71-57)56-44(64(50)28-30(8-4)14-10-6-2)26-46(70-56)32-16-12-18-34(20-32)48-53(67)37-23-41(61)42(62)24-38(37)54(48)68/h19-26,29-30H,5-18,27-28H2,1-4H3. The van der Waals surface area contributed by atoms with Crippen LogP contribution in [0.5, 0.6) is 0 Å². The van der Waals surface area contributed by atoms with E-state index >= 15 is 0 Å². The molecular weight excluding hydrogens is 961 g/mol. The topological polar surface area (TPSA) is 78.1 Å². The number of nitrogens with zero attached hydrogens (tertiary/aromatic N) is 2. The van der Waals surface area contributed by atoms with E-state index in [1.807, 2.05) is 23.5 Å². The van der Waals surface area contributed by atoms with Crippen LogP contribution in [0, 0.1) is 35.1 Å². The quantitative estimate of drug-likeness (QED) is 0.0618. The van der Waals surface area contributed by atoms with Gasteiger partial charge < -0.3 is 9.13 Å². The second-order valence-electron chi connectivity index (χ2n) is 19.9. The molecule has 366 valence electrons. The van der Waals surface area contributed by atoms with Crippen LogP contribution >= 0.6 is 34.0 Å². The molecule has 0 amide bonds. The SMILES string of the molecule is CCCCC(CC)Cn1c2cc(C3=CC(=C4C(=O)c5cc(F)c(F)cc5C4=O)CCC3)sc2c2sc3c4sc(C5=CC(=C6C(=O)c7cc(F)c(F)cc7C6=O)CCC5)cc4n(CC(CC)CCCC)c3c21. The highest BCUT2D eigenvalue weighted by atomic mass is 32.1. The Kier molecular flexibility index (Phi) is 12.7. The molecule has 0 radical (unpaired) electrons. The number of ketones is 4. The maximum absolute atomic E-state index is 14.3. The van der Waals surface area contributed by atoms with Gasteiger partial charge in [0.2, 0.25) is 0 Å². The number of thiophene rings is 3. The molecular formula is C58H54F4N2O4S3. The number of allylic oxidation sites excluding steroid dienone is 8. The minimum Gasteiger partial charge on any atom is -0.337 e. The monoisotopic (exact) mass is 1010 g/mol. The van der Waals surface area contributed by atoms with Crippen LogP contribution in [0.15, 0.2) is 70.8 Å².